The van der Waals surface area contributed by atoms with Crippen molar-refractivity contribution in [1.29, 1.82) is 0 Å². The lowest BCUT2D eigenvalue weighted by Crippen LogP contribution is -2.35. The summed E-state index contributed by atoms with van der Waals surface area (Å²) in [5.74, 6) is 0.618. The van der Waals surface area contributed by atoms with Crippen molar-refractivity contribution in [1.82, 2.24) is 0 Å². The van der Waals surface area contributed by atoms with E-state index in [2.05, 4.69) is 41.4 Å². The van der Waals surface area contributed by atoms with Crippen molar-refractivity contribution < 1.29 is 4.79 Å². The summed E-state index contributed by atoms with van der Waals surface area (Å²) in [5.41, 5.74) is 10.8. The van der Waals surface area contributed by atoms with Crippen LogP contribution in [-0.2, 0) is 4.79 Å². The fourth-order valence-electron chi connectivity index (χ4n) is 3.34. The van der Waals surface area contributed by atoms with E-state index < -0.39 is 7.26 Å². The van der Waals surface area contributed by atoms with Crippen LogP contribution in [-0.4, -0.2) is 29.5 Å². The molecule has 0 aliphatic heterocycles. The van der Waals surface area contributed by atoms with Gasteiger partial charge >= 0.3 is 0 Å². The molecule has 0 aliphatic carbocycles. The highest BCUT2D eigenvalue weighted by Crippen LogP contribution is 2.55. The van der Waals surface area contributed by atoms with E-state index in [0.29, 0.717) is 18.5 Å². The van der Waals surface area contributed by atoms with E-state index in [1.165, 1.54) is 27.7 Å². The first-order valence-electron chi connectivity index (χ1n) is 9.39. The Morgan fingerprint density at radius 1 is 0.759 bits per heavy atom. The molecule has 0 bridgehead atoms. The summed E-state index contributed by atoms with van der Waals surface area (Å²) < 4.78 is 0. The van der Waals surface area contributed by atoms with Crippen LogP contribution in [0, 0.1) is 0 Å². The molecule has 0 saturated heterocycles. The predicted molar refractivity (Wildman–Crippen MR) is 128 cm³/mol. The van der Waals surface area contributed by atoms with Gasteiger partial charge < -0.3 is 11.5 Å². The van der Waals surface area contributed by atoms with Gasteiger partial charge in [-0.25, -0.2) is 0 Å². The molecule has 0 aliphatic rings. The van der Waals surface area contributed by atoms with Crippen LogP contribution >= 0.6 is 19.0 Å². The van der Waals surface area contributed by atoms with Crippen LogP contribution in [0.4, 0.5) is 0 Å². The molecule has 148 valence electrons. The molecule has 4 N–H and O–H groups in total. The summed E-state index contributed by atoms with van der Waals surface area (Å²) in [4.78, 5) is 17.1. The average Bonchev–Trinajstić information content (AvgIpc) is 2.77. The van der Waals surface area contributed by atoms with Gasteiger partial charge in [-0.15, -0.1) is 0 Å². The molecule has 0 fully saturated rings. The van der Waals surface area contributed by atoms with Crippen LogP contribution in [0.1, 0.15) is 0 Å². The standard InChI is InChI=1S/C23H25N3OPS/c24-23(25)26-16-17-29-22(27)18-28(19-10-4-1-5-11-19,20-12-6-2-7-13-20)21-14-8-3-9-15-21/h1-15H,16-18H2,(H4,24,25,26)/q+1. The highest BCUT2D eigenvalue weighted by Gasteiger charge is 2.47. The zero-order valence-electron chi connectivity index (χ0n) is 16.1. The Morgan fingerprint density at radius 3 is 1.55 bits per heavy atom. The van der Waals surface area contributed by atoms with E-state index in [1.807, 2.05) is 54.6 Å². The van der Waals surface area contributed by atoms with Crippen LogP contribution < -0.4 is 27.4 Å². The number of hydrogen-bond donors (Lipinski definition) is 2. The Labute approximate surface area is 176 Å². The molecule has 3 aromatic rings. The summed E-state index contributed by atoms with van der Waals surface area (Å²) >= 11 is 1.30. The van der Waals surface area contributed by atoms with E-state index in [9.17, 15) is 4.79 Å². The maximum atomic E-state index is 13.1. The molecule has 6 heteroatoms. The van der Waals surface area contributed by atoms with Crippen molar-refractivity contribution in [2.75, 3.05) is 18.5 Å². The second kappa shape index (κ2) is 10.2. The number of nitrogens with zero attached hydrogens (tertiary/aromatic N) is 1. The molecule has 0 radical (unpaired) electrons. The van der Waals surface area contributed by atoms with Gasteiger partial charge in [0.15, 0.2) is 5.96 Å². The van der Waals surface area contributed by atoms with E-state index in [0.717, 1.165) is 0 Å². The Balaban J connectivity index is 2.03. The maximum absolute atomic E-state index is 13.1. The minimum absolute atomic E-state index is 0.0535. The van der Waals surface area contributed by atoms with Gasteiger partial charge in [0.25, 0.3) is 0 Å². The number of guanidine groups is 1. The predicted octanol–water partition coefficient (Wildman–Crippen LogP) is 2.51. The summed E-state index contributed by atoms with van der Waals surface area (Å²) in [6.07, 6.45) is 0.456. The van der Waals surface area contributed by atoms with E-state index >= 15 is 0 Å². The third-order valence-corrected chi connectivity index (χ3v) is 9.97. The second-order valence-corrected chi connectivity index (χ2v) is 11.1. The Morgan fingerprint density at radius 2 is 1.17 bits per heavy atom. The van der Waals surface area contributed by atoms with Crippen LogP contribution in [0.2, 0.25) is 0 Å². The van der Waals surface area contributed by atoms with Gasteiger partial charge in [0.1, 0.15) is 29.3 Å². The summed E-state index contributed by atoms with van der Waals surface area (Å²) in [7, 11) is -2.13. The molecule has 0 unspecified atom stereocenters. The van der Waals surface area contributed by atoms with Gasteiger partial charge in [0.05, 0.1) is 6.54 Å². The van der Waals surface area contributed by atoms with Crippen LogP contribution in [0.3, 0.4) is 0 Å². The quantitative estimate of drug-likeness (QED) is 0.253. The molecule has 3 aromatic carbocycles. The maximum Gasteiger partial charge on any atom is 0.227 e. The average molecular weight is 423 g/mol. The lowest BCUT2D eigenvalue weighted by molar-refractivity contribution is -0.108. The molecule has 4 nitrogen and oxygen atoms in total. The second-order valence-electron chi connectivity index (χ2n) is 6.50. The summed E-state index contributed by atoms with van der Waals surface area (Å²) in [6.45, 7) is 0.437. The molecule has 0 amide bonds. The number of thioether (sulfide) groups is 1. The molecular formula is C23H25N3OPS+. The molecule has 0 spiro atoms. The van der Waals surface area contributed by atoms with Gasteiger partial charge in [0.2, 0.25) is 5.12 Å². The van der Waals surface area contributed by atoms with Crippen molar-refractivity contribution in [2.45, 2.75) is 0 Å². The van der Waals surface area contributed by atoms with E-state index in [1.54, 1.807) is 0 Å². The third kappa shape index (κ3) is 5.26. The van der Waals surface area contributed by atoms with Gasteiger partial charge in [-0.05, 0) is 36.4 Å². The van der Waals surface area contributed by atoms with Crippen molar-refractivity contribution in [3.63, 3.8) is 0 Å². The van der Waals surface area contributed by atoms with Crippen molar-refractivity contribution >= 4 is 46.0 Å². The Bertz CT molecular complexity index is 849. The molecular weight excluding hydrogens is 397 g/mol. The summed E-state index contributed by atoms with van der Waals surface area (Å²) in [5, 5.41) is 3.77. The molecule has 0 atom stereocenters. The number of hydrogen-bond acceptors (Lipinski definition) is 3. The van der Waals surface area contributed by atoms with Crippen LogP contribution in [0.25, 0.3) is 0 Å². The topological polar surface area (TPSA) is 81.5 Å². The highest BCUT2D eigenvalue weighted by molar-refractivity contribution is 8.15. The van der Waals surface area contributed by atoms with Crippen LogP contribution in [0.15, 0.2) is 96.0 Å². The number of benzene rings is 3. The van der Waals surface area contributed by atoms with Crippen molar-refractivity contribution in [3.8, 4) is 0 Å². The molecule has 0 aromatic heterocycles. The zero-order valence-corrected chi connectivity index (χ0v) is 17.9. The number of nitrogens with two attached hydrogens (primary N) is 2. The molecule has 0 heterocycles. The minimum Gasteiger partial charge on any atom is -0.370 e. The summed E-state index contributed by atoms with van der Waals surface area (Å²) in [6, 6.07) is 31.2. The SMILES string of the molecule is NC(N)=NCCSC(=O)C[P+](c1ccccc1)(c1ccccc1)c1ccccc1. The largest absolute Gasteiger partial charge is 0.370 e. The van der Waals surface area contributed by atoms with Crippen molar-refractivity contribution in [3.05, 3.63) is 91.0 Å². The number of rotatable bonds is 8. The van der Waals surface area contributed by atoms with Gasteiger partial charge in [0, 0.05) is 5.75 Å². The lowest BCUT2D eigenvalue weighted by Gasteiger charge is -2.26. The Hall–Kier alpha value is -2.62. The first kappa shape index (κ1) is 21.1. The van der Waals surface area contributed by atoms with E-state index in [-0.39, 0.29) is 11.1 Å². The molecule has 3 rings (SSSR count). The van der Waals surface area contributed by atoms with Gasteiger partial charge in [-0.3, -0.25) is 9.79 Å². The minimum atomic E-state index is -2.13. The highest BCUT2D eigenvalue weighted by atomic mass is 32.2. The monoisotopic (exact) mass is 422 g/mol. The van der Waals surface area contributed by atoms with E-state index in [4.69, 9.17) is 11.5 Å². The fourth-order valence-corrected chi connectivity index (χ4v) is 8.57. The first-order valence-corrected chi connectivity index (χ1v) is 12.3. The fraction of sp³-hybridized carbons (Fsp3) is 0.130. The first-order chi connectivity index (χ1) is 14.1. The Kier molecular flexibility index (Phi) is 7.45. The number of carbonyl (C=O) groups is 1. The van der Waals surface area contributed by atoms with Crippen LogP contribution in [0.5, 0.6) is 0 Å². The molecule has 0 saturated carbocycles. The molecule has 29 heavy (non-hydrogen) atoms. The number of aliphatic imine (C=N–C) groups is 1. The third-order valence-electron chi connectivity index (χ3n) is 4.61. The lowest BCUT2D eigenvalue weighted by atomic mass is 10.4. The van der Waals surface area contributed by atoms with Gasteiger partial charge in [-0.2, -0.15) is 0 Å². The number of carbonyl (C=O) groups excluding carboxylic acids is 1. The van der Waals surface area contributed by atoms with Gasteiger partial charge in [-0.1, -0.05) is 66.4 Å². The van der Waals surface area contributed by atoms with Crippen molar-refractivity contribution in [2.24, 2.45) is 16.5 Å². The smallest absolute Gasteiger partial charge is 0.227 e. The normalized spacial score (nSPS) is 11.0. The zero-order chi connectivity index (χ0) is 20.5.